The van der Waals surface area contributed by atoms with Crippen molar-refractivity contribution < 1.29 is 14.3 Å². The minimum atomic E-state index is -0.323. The number of aryl methyl sites for hydroxylation is 1. The van der Waals surface area contributed by atoms with Crippen molar-refractivity contribution in [1.29, 1.82) is 0 Å². The molecule has 1 heterocycles. The van der Waals surface area contributed by atoms with Crippen molar-refractivity contribution in [2.24, 2.45) is 0 Å². The van der Waals surface area contributed by atoms with E-state index >= 15 is 0 Å². The molecule has 1 aromatic carbocycles. The van der Waals surface area contributed by atoms with Gasteiger partial charge in [0.05, 0.1) is 12.6 Å². The first kappa shape index (κ1) is 14.9. The van der Waals surface area contributed by atoms with Crippen LogP contribution in [0.3, 0.4) is 0 Å². The first-order chi connectivity index (χ1) is 9.54. The highest BCUT2D eigenvalue weighted by Crippen LogP contribution is 2.10. The normalized spacial score (nSPS) is 19.9. The number of nitrogens with one attached hydrogen (secondary N) is 1. The lowest BCUT2D eigenvalue weighted by Gasteiger charge is -2.29. The fourth-order valence-electron chi connectivity index (χ4n) is 2.45. The van der Waals surface area contributed by atoms with E-state index in [0.29, 0.717) is 25.2 Å². The van der Waals surface area contributed by atoms with Gasteiger partial charge in [-0.05, 0) is 43.5 Å². The number of piperidine rings is 1. The molecule has 0 radical (unpaired) electrons. The van der Waals surface area contributed by atoms with E-state index in [4.69, 9.17) is 0 Å². The van der Waals surface area contributed by atoms with Gasteiger partial charge in [-0.3, -0.25) is 9.69 Å². The maximum Gasteiger partial charge on any atom is 0.234 e. The zero-order chi connectivity index (χ0) is 14.5. The van der Waals surface area contributed by atoms with Gasteiger partial charge in [-0.2, -0.15) is 0 Å². The predicted molar refractivity (Wildman–Crippen MR) is 74.7 cm³/mol. The maximum absolute atomic E-state index is 13.1. The van der Waals surface area contributed by atoms with E-state index < -0.39 is 0 Å². The fourth-order valence-corrected chi connectivity index (χ4v) is 2.45. The quantitative estimate of drug-likeness (QED) is 0.871. The summed E-state index contributed by atoms with van der Waals surface area (Å²) in [6.45, 7) is 3.81. The third-order valence-corrected chi connectivity index (χ3v) is 3.56. The standard InChI is InChI=1S/C15H21FN2O2/c1-11-7-12(4-5-14(11)16)8-17-15(20)10-18-6-2-3-13(19)9-18/h4-5,7,13,19H,2-3,6,8-10H2,1H3,(H,17,20)/t13-/m0/s1. The van der Waals surface area contributed by atoms with Gasteiger partial charge >= 0.3 is 0 Å². The van der Waals surface area contributed by atoms with Crippen molar-refractivity contribution in [3.8, 4) is 0 Å². The molecule has 0 saturated carbocycles. The Labute approximate surface area is 118 Å². The average molecular weight is 280 g/mol. The molecule has 1 saturated heterocycles. The van der Waals surface area contributed by atoms with Crippen molar-refractivity contribution >= 4 is 5.91 Å². The number of carbonyl (C=O) groups is 1. The van der Waals surface area contributed by atoms with E-state index in [0.717, 1.165) is 24.9 Å². The number of hydrogen-bond acceptors (Lipinski definition) is 3. The number of halogens is 1. The summed E-state index contributed by atoms with van der Waals surface area (Å²) in [5, 5.41) is 12.4. The van der Waals surface area contributed by atoms with Gasteiger partial charge < -0.3 is 10.4 Å². The molecule has 110 valence electrons. The highest BCUT2D eigenvalue weighted by Gasteiger charge is 2.19. The number of β-amino-alcohol motifs (C(OH)–C–C–N with tert-alkyl or cyclic N) is 1. The third-order valence-electron chi connectivity index (χ3n) is 3.56. The summed E-state index contributed by atoms with van der Waals surface area (Å²) in [5.74, 6) is -0.302. The molecule has 1 atom stereocenters. The number of hydrogen-bond donors (Lipinski definition) is 2. The molecule has 0 unspecified atom stereocenters. The lowest BCUT2D eigenvalue weighted by Crippen LogP contribution is -2.44. The van der Waals surface area contributed by atoms with E-state index in [9.17, 15) is 14.3 Å². The Bertz CT molecular complexity index is 479. The Morgan fingerprint density at radius 1 is 1.55 bits per heavy atom. The molecule has 1 aromatic rings. The van der Waals surface area contributed by atoms with Crippen LogP contribution in [0.2, 0.25) is 0 Å². The van der Waals surface area contributed by atoms with Crippen LogP contribution in [0.15, 0.2) is 18.2 Å². The summed E-state index contributed by atoms with van der Waals surface area (Å²) in [4.78, 5) is 13.8. The molecule has 0 spiro atoms. The second-order valence-corrected chi connectivity index (χ2v) is 5.39. The van der Waals surface area contributed by atoms with Crippen LogP contribution in [0.4, 0.5) is 4.39 Å². The number of carbonyl (C=O) groups excluding carboxylic acids is 1. The van der Waals surface area contributed by atoms with E-state index in [-0.39, 0.29) is 17.8 Å². The van der Waals surface area contributed by atoms with Crippen LogP contribution >= 0.6 is 0 Å². The minimum absolute atomic E-state index is 0.0684. The van der Waals surface area contributed by atoms with Crippen molar-refractivity contribution in [1.82, 2.24) is 10.2 Å². The molecule has 4 nitrogen and oxygen atoms in total. The number of nitrogens with zero attached hydrogens (tertiary/aromatic N) is 1. The summed E-state index contributed by atoms with van der Waals surface area (Å²) >= 11 is 0. The molecule has 20 heavy (non-hydrogen) atoms. The number of benzene rings is 1. The summed E-state index contributed by atoms with van der Waals surface area (Å²) in [6, 6.07) is 4.82. The van der Waals surface area contributed by atoms with Gasteiger partial charge in [0.15, 0.2) is 0 Å². The van der Waals surface area contributed by atoms with E-state index in [2.05, 4.69) is 5.32 Å². The number of likely N-dealkylation sites (tertiary alicyclic amines) is 1. The Kier molecular flexibility index (Phi) is 5.09. The van der Waals surface area contributed by atoms with Crippen LogP contribution < -0.4 is 5.32 Å². The highest BCUT2D eigenvalue weighted by molar-refractivity contribution is 5.78. The van der Waals surface area contributed by atoms with E-state index in [1.807, 2.05) is 4.90 Å². The van der Waals surface area contributed by atoms with Crippen LogP contribution in [0.25, 0.3) is 0 Å². The zero-order valence-corrected chi connectivity index (χ0v) is 11.7. The second-order valence-electron chi connectivity index (χ2n) is 5.39. The molecular weight excluding hydrogens is 259 g/mol. The number of amides is 1. The molecule has 2 rings (SSSR count). The van der Waals surface area contributed by atoms with Gasteiger partial charge in [-0.15, -0.1) is 0 Å². The van der Waals surface area contributed by atoms with Gasteiger partial charge in [0, 0.05) is 13.1 Å². The monoisotopic (exact) mass is 280 g/mol. The molecule has 1 amide bonds. The summed E-state index contributed by atoms with van der Waals surface area (Å²) < 4.78 is 13.1. The predicted octanol–water partition coefficient (Wildman–Crippen LogP) is 1.21. The topological polar surface area (TPSA) is 52.6 Å². The zero-order valence-electron chi connectivity index (χ0n) is 11.7. The largest absolute Gasteiger partial charge is 0.392 e. The van der Waals surface area contributed by atoms with Crippen molar-refractivity contribution in [3.63, 3.8) is 0 Å². The average Bonchev–Trinajstić information content (AvgIpc) is 2.40. The Balaban J connectivity index is 1.78. The van der Waals surface area contributed by atoms with Gasteiger partial charge in [0.1, 0.15) is 5.82 Å². The smallest absolute Gasteiger partial charge is 0.234 e. The fraction of sp³-hybridized carbons (Fsp3) is 0.533. The summed E-state index contributed by atoms with van der Waals surface area (Å²) in [5.41, 5.74) is 1.46. The lowest BCUT2D eigenvalue weighted by atomic mass is 10.1. The Morgan fingerprint density at radius 3 is 3.05 bits per heavy atom. The van der Waals surface area contributed by atoms with Gasteiger partial charge in [-0.25, -0.2) is 4.39 Å². The molecule has 0 aliphatic carbocycles. The first-order valence-corrected chi connectivity index (χ1v) is 6.97. The maximum atomic E-state index is 13.1. The lowest BCUT2D eigenvalue weighted by molar-refractivity contribution is -0.123. The molecular formula is C15H21FN2O2. The van der Waals surface area contributed by atoms with E-state index in [1.54, 1.807) is 19.1 Å². The molecule has 1 fully saturated rings. The summed E-state index contributed by atoms with van der Waals surface area (Å²) in [7, 11) is 0. The van der Waals surface area contributed by atoms with Crippen LogP contribution in [-0.2, 0) is 11.3 Å². The van der Waals surface area contributed by atoms with Crippen LogP contribution in [0, 0.1) is 12.7 Å². The van der Waals surface area contributed by atoms with Crippen molar-refractivity contribution in [3.05, 3.63) is 35.1 Å². The molecule has 1 aliphatic rings. The number of aliphatic hydroxyl groups is 1. The first-order valence-electron chi connectivity index (χ1n) is 6.97. The summed E-state index contributed by atoms with van der Waals surface area (Å²) in [6.07, 6.45) is 1.41. The van der Waals surface area contributed by atoms with Crippen molar-refractivity contribution in [2.45, 2.75) is 32.4 Å². The number of rotatable bonds is 4. The van der Waals surface area contributed by atoms with Crippen LogP contribution in [-0.4, -0.2) is 41.7 Å². The minimum Gasteiger partial charge on any atom is -0.392 e. The Hall–Kier alpha value is -1.46. The van der Waals surface area contributed by atoms with Gasteiger partial charge in [0.2, 0.25) is 5.91 Å². The van der Waals surface area contributed by atoms with Crippen LogP contribution in [0.5, 0.6) is 0 Å². The SMILES string of the molecule is Cc1cc(CNC(=O)CN2CCC[C@H](O)C2)ccc1F. The van der Waals surface area contributed by atoms with Gasteiger partial charge in [-0.1, -0.05) is 12.1 Å². The molecule has 5 heteroatoms. The second kappa shape index (κ2) is 6.81. The molecule has 1 aliphatic heterocycles. The highest BCUT2D eigenvalue weighted by atomic mass is 19.1. The third kappa shape index (κ3) is 4.28. The molecule has 0 bridgehead atoms. The van der Waals surface area contributed by atoms with E-state index in [1.165, 1.54) is 6.07 Å². The van der Waals surface area contributed by atoms with Crippen LogP contribution in [0.1, 0.15) is 24.0 Å². The van der Waals surface area contributed by atoms with Gasteiger partial charge in [0.25, 0.3) is 0 Å². The molecule has 2 N–H and O–H groups in total. The molecule has 0 aromatic heterocycles. The van der Waals surface area contributed by atoms with Crippen molar-refractivity contribution in [2.75, 3.05) is 19.6 Å². The number of aliphatic hydroxyl groups excluding tert-OH is 1. The Morgan fingerprint density at radius 2 is 2.35 bits per heavy atom.